The quantitative estimate of drug-likeness (QED) is 0.730. The van der Waals surface area contributed by atoms with Gasteiger partial charge in [0.2, 0.25) is 0 Å². The van der Waals surface area contributed by atoms with Crippen molar-refractivity contribution >= 4 is 27.2 Å². The summed E-state index contributed by atoms with van der Waals surface area (Å²) >= 11 is 5.92. The Labute approximate surface area is 153 Å². The highest BCUT2D eigenvalue weighted by Gasteiger charge is 2.12. The molecule has 0 saturated carbocycles. The molecule has 0 bridgehead atoms. The van der Waals surface area contributed by atoms with E-state index in [2.05, 4.69) is 21.2 Å². The number of carbonyl (C=O) groups excluding carboxylic acids is 1. The molecule has 25 heavy (non-hydrogen) atoms. The van der Waals surface area contributed by atoms with Gasteiger partial charge in [-0.15, -0.1) is 0 Å². The van der Waals surface area contributed by atoms with E-state index < -0.39 is 15.6 Å². The Morgan fingerprint density at radius 3 is 2.60 bits per heavy atom. The first-order chi connectivity index (χ1) is 11.6. The maximum absolute atomic E-state index is 12.8. The highest BCUT2D eigenvalue weighted by Crippen LogP contribution is 2.18. The number of aromatic nitrogens is 1. The van der Waals surface area contributed by atoms with E-state index in [1.165, 1.54) is 12.5 Å². The molecule has 0 N–H and O–H groups in total. The standard InChI is InChI=1S/C19H19ClN2O2S/c1-19(2,3)9-8-14-10-15(13-21-12-14)18(23)22-25(4,24)17-7-5-6-16(20)11-17/h5-7,10-13H,1-4H3. The molecule has 2 aromatic rings. The number of amides is 1. The monoisotopic (exact) mass is 374 g/mol. The minimum atomic E-state index is -2.90. The zero-order valence-electron chi connectivity index (χ0n) is 14.5. The minimum Gasteiger partial charge on any atom is -0.266 e. The summed E-state index contributed by atoms with van der Waals surface area (Å²) < 4.78 is 16.7. The number of hydrogen-bond acceptors (Lipinski definition) is 3. The lowest BCUT2D eigenvalue weighted by Crippen LogP contribution is -2.05. The number of hydrogen-bond donors (Lipinski definition) is 0. The fourth-order valence-electron chi connectivity index (χ4n) is 1.85. The van der Waals surface area contributed by atoms with E-state index in [4.69, 9.17) is 11.6 Å². The van der Waals surface area contributed by atoms with Crippen molar-refractivity contribution in [2.75, 3.05) is 6.26 Å². The maximum atomic E-state index is 12.8. The molecule has 6 heteroatoms. The predicted octanol–water partition coefficient (Wildman–Crippen LogP) is 4.43. The predicted molar refractivity (Wildman–Crippen MR) is 101 cm³/mol. The maximum Gasteiger partial charge on any atom is 0.286 e. The van der Waals surface area contributed by atoms with Crippen LogP contribution in [0.1, 0.15) is 36.7 Å². The van der Waals surface area contributed by atoms with Gasteiger partial charge in [0.1, 0.15) is 0 Å². The molecule has 2 rings (SSSR count). The molecule has 1 atom stereocenters. The van der Waals surface area contributed by atoms with Crippen molar-refractivity contribution in [3.8, 4) is 11.8 Å². The summed E-state index contributed by atoms with van der Waals surface area (Å²) in [6.45, 7) is 5.99. The average molecular weight is 375 g/mol. The van der Waals surface area contributed by atoms with Crippen molar-refractivity contribution < 1.29 is 9.00 Å². The van der Waals surface area contributed by atoms with Crippen molar-refractivity contribution in [3.63, 3.8) is 0 Å². The van der Waals surface area contributed by atoms with E-state index in [0.29, 0.717) is 15.5 Å². The van der Waals surface area contributed by atoms with Gasteiger partial charge in [-0.2, -0.15) is 4.36 Å². The van der Waals surface area contributed by atoms with Crippen LogP contribution in [0.25, 0.3) is 0 Å². The zero-order valence-corrected chi connectivity index (χ0v) is 16.1. The highest BCUT2D eigenvalue weighted by atomic mass is 35.5. The van der Waals surface area contributed by atoms with E-state index >= 15 is 0 Å². The molecule has 0 spiro atoms. The van der Waals surface area contributed by atoms with Crippen molar-refractivity contribution in [1.82, 2.24) is 4.98 Å². The van der Waals surface area contributed by atoms with Crippen LogP contribution in [-0.4, -0.2) is 21.4 Å². The van der Waals surface area contributed by atoms with Crippen LogP contribution in [0.3, 0.4) is 0 Å². The number of nitrogens with zero attached hydrogens (tertiary/aromatic N) is 2. The van der Waals surface area contributed by atoms with E-state index in [1.54, 1.807) is 36.5 Å². The summed E-state index contributed by atoms with van der Waals surface area (Å²) in [6.07, 6.45) is 4.38. The SMILES string of the molecule is CC(C)(C)C#Cc1cncc(C(=O)N=S(C)(=O)c2cccc(Cl)c2)c1. The van der Waals surface area contributed by atoms with Crippen molar-refractivity contribution in [3.05, 3.63) is 58.9 Å². The molecule has 1 aromatic carbocycles. The highest BCUT2D eigenvalue weighted by molar-refractivity contribution is 7.93. The van der Waals surface area contributed by atoms with Crippen LogP contribution in [0.4, 0.5) is 0 Å². The fourth-order valence-corrected chi connectivity index (χ4v) is 3.31. The van der Waals surface area contributed by atoms with Gasteiger partial charge >= 0.3 is 0 Å². The van der Waals surface area contributed by atoms with Gasteiger partial charge < -0.3 is 0 Å². The third-order valence-electron chi connectivity index (χ3n) is 3.06. The number of pyridine rings is 1. The van der Waals surface area contributed by atoms with E-state index in [0.717, 1.165) is 0 Å². The van der Waals surface area contributed by atoms with Crippen LogP contribution < -0.4 is 0 Å². The van der Waals surface area contributed by atoms with Gasteiger partial charge in [-0.3, -0.25) is 9.78 Å². The molecule has 1 unspecified atom stereocenters. The lowest BCUT2D eigenvalue weighted by atomic mass is 9.97. The number of rotatable bonds is 2. The molecule has 0 aliphatic carbocycles. The van der Waals surface area contributed by atoms with Crippen LogP contribution >= 0.6 is 11.6 Å². The van der Waals surface area contributed by atoms with E-state index in [1.807, 2.05) is 20.8 Å². The zero-order chi connectivity index (χ0) is 18.7. The Kier molecular flexibility index (Phi) is 5.66. The molecule has 1 amide bonds. The van der Waals surface area contributed by atoms with Gasteiger partial charge in [-0.1, -0.05) is 29.5 Å². The van der Waals surface area contributed by atoms with Crippen LogP contribution in [0.2, 0.25) is 5.02 Å². The molecule has 0 saturated heterocycles. The van der Waals surface area contributed by atoms with Crippen LogP contribution in [0.5, 0.6) is 0 Å². The summed E-state index contributed by atoms with van der Waals surface area (Å²) in [6, 6.07) is 8.12. The van der Waals surface area contributed by atoms with E-state index in [9.17, 15) is 9.00 Å². The molecule has 1 aromatic heterocycles. The van der Waals surface area contributed by atoms with Crippen molar-refractivity contribution in [2.45, 2.75) is 25.7 Å². The number of benzene rings is 1. The van der Waals surface area contributed by atoms with Crippen molar-refractivity contribution in [2.24, 2.45) is 9.78 Å². The van der Waals surface area contributed by atoms with Crippen LogP contribution in [0.15, 0.2) is 52.0 Å². The third-order valence-corrected chi connectivity index (χ3v) is 4.94. The summed E-state index contributed by atoms with van der Waals surface area (Å²) in [7, 11) is -2.90. The second-order valence-electron chi connectivity index (χ2n) is 6.62. The minimum absolute atomic E-state index is 0.158. The third kappa shape index (κ3) is 5.70. The Bertz CT molecular complexity index is 988. The van der Waals surface area contributed by atoms with Gasteiger partial charge in [0.15, 0.2) is 0 Å². The molecule has 0 aliphatic rings. The van der Waals surface area contributed by atoms with Crippen molar-refractivity contribution in [1.29, 1.82) is 0 Å². The summed E-state index contributed by atoms with van der Waals surface area (Å²) in [5, 5.41) is 0.441. The lowest BCUT2D eigenvalue weighted by Gasteiger charge is -2.07. The average Bonchev–Trinajstić information content (AvgIpc) is 2.52. The summed E-state index contributed by atoms with van der Waals surface area (Å²) in [5.41, 5.74) is 0.702. The molecule has 4 nitrogen and oxygen atoms in total. The fraction of sp³-hybridized carbons (Fsp3) is 0.263. The Morgan fingerprint density at radius 1 is 1.24 bits per heavy atom. The van der Waals surface area contributed by atoms with Gasteiger partial charge in [-0.25, -0.2) is 4.21 Å². The normalized spacial score (nSPS) is 13.3. The van der Waals surface area contributed by atoms with Crippen LogP contribution in [0, 0.1) is 17.3 Å². The van der Waals surface area contributed by atoms with Gasteiger partial charge in [0, 0.05) is 39.5 Å². The van der Waals surface area contributed by atoms with Gasteiger partial charge in [0.25, 0.3) is 5.91 Å². The van der Waals surface area contributed by atoms with Gasteiger partial charge in [0.05, 0.1) is 15.3 Å². The summed E-state index contributed by atoms with van der Waals surface area (Å²) in [4.78, 5) is 16.8. The number of halogens is 1. The smallest absolute Gasteiger partial charge is 0.266 e. The lowest BCUT2D eigenvalue weighted by molar-refractivity contribution is 0.100. The second kappa shape index (κ2) is 7.38. The number of carbonyl (C=O) groups is 1. The first-order valence-corrected chi connectivity index (χ1v) is 9.87. The summed E-state index contributed by atoms with van der Waals surface area (Å²) in [5.74, 6) is 5.47. The second-order valence-corrected chi connectivity index (χ2v) is 9.31. The molecule has 0 radical (unpaired) electrons. The molecule has 0 fully saturated rings. The molecule has 0 aliphatic heterocycles. The molecular formula is C19H19ClN2O2S. The first kappa shape index (κ1) is 19.2. The molecule has 130 valence electrons. The van der Waals surface area contributed by atoms with Gasteiger partial charge in [-0.05, 0) is 45.0 Å². The Morgan fingerprint density at radius 2 is 1.96 bits per heavy atom. The Hall–Kier alpha value is -2.16. The first-order valence-electron chi connectivity index (χ1n) is 7.57. The molecule has 1 heterocycles. The van der Waals surface area contributed by atoms with E-state index in [-0.39, 0.29) is 11.0 Å². The topological polar surface area (TPSA) is 59.4 Å². The largest absolute Gasteiger partial charge is 0.286 e. The Balaban J connectivity index is 2.37. The van der Waals surface area contributed by atoms with Crippen LogP contribution in [-0.2, 0) is 9.73 Å². The molecular weight excluding hydrogens is 356 g/mol.